The SMILES string of the molecule is CC(O[C@@H]1CC[C@@H](n2cnc3c(N)ncnc32)C1)C(=O)O. The first kappa shape index (κ1) is 13.7. The number of aromatic nitrogens is 4. The molecule has 0 aliphatic heterocycles. The van der Waals surface area contributed by atoms with Gasteiger partial charge in [0.25, 0.3) is 0 Å². The Labute approximate surface area is 121 Å². The summed E-state index contributed by atoms with van der Waals surface area (Å²) < 4.78 is 7.52. The molecule has 0 aromatic carbocycles. The molecule has 0 amide bonds. The van der Waals surface area contributed by atoms with Gasteiger partial charge in [0.2, 0.25) is 0 Å². The van der Waals surface area contributed by atoms with Gasteiger partial charge in [-0.1, -0.05) is 0 Å². The second-order valence-corrected chi connectivity index (χ2v) is 5.29. The van der Waals surface area contributed by atoms with Gasteiger partial charge in [0.05, 0.1) is 12.4 Å². The van der Waals surface area contributed by atoms with Crippen LogP contribution in [-0.4, -0.2) is 42.8 Å². The Morgan fingerprint density at radius 3 is 3.05 bits per heavy atom. The van der Waals surface area contributed by atoms with Crippen molar-refractivity contribution >= 4 is 23.0 Å². The van der Waals surface area contributed by atoms with E-state index in [4.69, 9.17) is 15.6 Å². The van der Waals surface area contributed by atoms with Crippen molar-refractivity contribution < 1.29 is 14.6 Å². The van der Waals surface area contributed by atoms with Crippen molar-refractivity contribution in [1.82, 2.24) is 19.5 Å². The molecule has 8 heteroatoms. The smallest absolute Gasteiger partial charge is 0.332 e. The van der Waals surface area contributed by atoms with E-state index in [1.54, 1.807) is 13.3 Å². The highest BCUT2D eigenvalue weighted by Gasteiger charge is 2.30. The number of nitrogen functional groups attached to an aromatic ring is 1. The Bertz CT molecular complexity index is 671. The highest BCUT2D eigenvalue weighted by atomic mass is 16.5. The summed E-state index contributed by atoms with van der Waals surface area (Å²) in [6.07, 6.45) is 4.75. The number of ether oxygens (including phenoxy) is 1. The number of rotatable bonds is 4. The van der Waals surface area contributed by atoms with Crippen LogP contribution in [0.5, 0.6) is 0 Å². The van der Waals surface area contributed by atoms with Crippen LogP contribution in [0.15, 0.2) is 12.7 Å². The molecular weight excluding hydrogens is 274 g/mol. The van der Waals surface area contributed by atoms with Crippen molar-refractivity contribution in [2.45, 2.75) is 44.4 Å². The van der Waals surface area contributed by atoms with Crippen LogP contribution >= 0.6 is 0 Å². The third-order valence-corrected chi connectivity index (χ3v) is 3.88. The molecule has 1 aliphatic carbocycles. The molecule has 1 saturated carbocycles. The number of nitrogens with two attached hydrogens (primary N) is 1. The van der Waals surface area contributed by atoms with Gasteiger partial charge in [0.15, 0.2) is 17.6 Å². The number of carbonyl (C=O) groups is 1. The van der Waals surface area contributed by atoms with E-state index in [0.29, 0.717) is 17.0 Å². The van der Waals surface area contributed by atoms with Gasteiger partial charge in [-0.3, -0.25) is 0 Å². The number of hydrogen-bond acceptors (Lipinski definition) is 6. The first-order chi connectivity index (χ1) is 10.1. The van der Waals surface area contributed by atoms with E-state index in [2.05, 4.69) is 15.0 Å². The van der Waals surface area contributed by atoms with Crippen LogP contribution < -0.4 is 5.73 Å². The summed E-state index contributed by atoms with van der Waals surface area (Å²) in [5.41, 5.74) is 7.08. The third-order valence-electron chi connectivity index (χ3n) is 3.88. The van der Waals surface area contributed by atoms with Crippen LogP contribution in [-0.2, 0) is 9.53 Å². The Balaban J connectivity index is 1.76. The number of carboxylic acids is 1. The molecular formula is C13H17N5O3. The molecule has 0 bridgehead atoms. The number of hydrogen-bond donors (Lipinski definition) is 2. The van der Waals surface area contributed by atoms with E-state index in [1.807, 2.05) is 4.57 Å². The zero-order valence-corrected chi connectivity index (χ0v) is 11.6. The Hall–Kier alpha value is -2.22. The van der Waals surface area contributed by atoms with Crippen LogP contribution in [0.2, 0.25) is 0 Å². The zero-order chi connectivity index (χ0) is 15.0. The second-order valence-electron chi connectivity index (χ2n) is 5.29. The summed E-state index contributed by atoms with van der Waals surface area (Å²) in [5.74, 6) is -0.573. The first-order valence-electron chi connectivity index (χ1n) is 6.87. The number of carboxylic acid groups (broad SMARTS) is 1. The van der Waals surface area contributed by atoms with Crippen molar-refractivity contribution in [2.24, 2.45) is 0 Å². The molecule has 3 N–H and O–H groups in total. The molecule has 0 saturated heterocycles. The molecule has 3 atom stereocenters. The van der Waals surface area contributed by atoms with Crippen LogP contribution in [0.1, 0.15) is 32.2 Å². The Morgan fingerprint density at radius 2 is 2.29 bits per heavy atom. The molecule has 2 aromatic rings. The Morgan fingerprint density at radius 1 is 1.48 bits per heavy atom. The molecule has 0 spiro atoms. The molecule has 2 aromatic heterocycles. The lowest BCUT2D eigenvalue weighted by Crippen LogP contribution is -2.25. The van der Waals surface area contributed by atoms with E-state index in [1.165, 1.54) is 6.33 Å². The molecule has 1 fully saturated rings. The molecule has 2 heterocycles. The number of nitrogens with zero attached hydrogens (tertiary/aromatic N) is 4. The van der Waals surface area contributed by atoms with E-state index in [0.717, 1.165) is 19.3 Å². The summed E-state index contributed by atoms with van der Waals surface area (Å²) in [6, 6.07) is 0.190. The molecule has 0 radical (unpaired) electrons. The lowest BCUT2D eigenvalue weighted by atomic mass is 10.2. The largest absolute Gasteiger partial charge is 0.479 e. The minimum Gasteiger partial charge on any atom is -0.479 e. The van der Waals surface area contributed by atoms with Crippen molar-refractivity contribution in [3.05, 3.63) is 12.7 Å². The number of anilines is 1. The predicted octanol–water partition coefficient (Wildman–Crippen LogP) is 0.992. The summed E-state index contributed by atoms with van der Waals surface area (Å²) in [4.78, 5) is 23.3. The van der Waals surface area contributed by atoms with E-state index < -0.39 is 12.1 Å². The standard InChI is InChI=1S/C13H17N5O3/c1-7(13(19)20)21-9-3-2-8(4-9)18-6-17-10-11(14)15-5-16-12(10)18/h5-9H,2-4H2,1H3,(H,19,20)(H2,14,15,16)/t7?,8-,9-/m1/s1. The van der Waals surface area contributed by atoms with Gasteiger partial charge < -0.3 is 20.1 Å². The van der Waals surface area contributed by atoms with Gasteiger partial charge in [0.1, 0.15) is 11.8 Å². The fourth-order valence-corrected chi connectivity index (χ4v) is 2.78. The number of aliphatic carboxylic acids is 1. The second kappa shape index (κ2) is 5.28. The maximum Gasteiger partial charge on any atom is 0.332 e. The lowest BCUT2D eigenvalue weighted by Gasteiger charge is -2.16. The minimum atomic E-state index is -0.938. The van der Waals surface area contributed by atoms with Gasteiger partial charge in [-0.25, -0.2) is 19.7 Å². The van der Waals surface area contributed by atoms with Gasteiger partial charge in [-0.05, 0) is 26.2 Å². The van der Waals surface area contributed by atoms with Crippen LogP contribution in [0.25, 0.3) is 11.2 Å². The summed E-state index contributed by atoms with van der Waals surface area (Å²) in [6.45, 7) is 1.55. The maximum absolute atomic E-state index is 10.8. The topological polar surface area (TPSA) is 116 Å². The van der Waals surface area contributed by atoms with Gasteiger partial charge in [-0.15, -0.1) is 0 Å². The monoisotopic (exact) mass is 291 g/mol. The van der Waals surface area contributed by atoms with Crippen LogP contribution in [0.3, 0.4) is 0 Å². The van der Waals surface area contributed by atoms with Crippen molar-refractivity contribution in [1.29, 1.82) is 0 Å². The molecule has 8 nitrogen and oxygen atoms in total. The number of imidazole rings is 1. The van der Waals surface area contributed by atoms with Gasteiger partial charge in [-0.2, -0.15) is 0 Å². The maximum atomic E-state index is 10.8. The fraction of sp³-hybridized carbons (Fsp3) is 0.538. The summed E-state index contributed by atoms with van der Waals surface area (Å²) in [7, 11) is 0. The average molecular weight is 291 g/mol. The molecule has 1 unspecified atom stereocenters. The van der Waals surface area contributed by atoms with Gasteiger partial charge >= 0.3 is 5.97 Å². The highest BCUT2D eigenvalue weighted by Crippen LogP contribution is 2.34. The fourth-order valence-electron chi connectivity index (χ4n) is 2.78. The highest BCUT2D eigenvalue weighted by molar-refractivity contribution is 5.81. The van der Waals surface area contributed by atoms with Crippen molar-refractivity contribution in [3.8, 4) is 0 Å². The first-order valence-corrected chi connectivity index (χ1v) is 6.87. The van der Waals surface area contributed by atoms with Gasteiger partial charge in [0, 0.05) is 6.04 Å². The summed E-state index contributed by atoms with van der Waals surface area (Å²) in [5, 5.41) is 8.89. The van der Waals surface area contributed by atoms with Crippen LogP contribution in [0, 0.1) is 0 Å². The van der Waals surface area contributed by atoms with E-state index >= 15 is 0 Å². The molecule has 3 rings (SSSR count). The average Bonchev–Trinajstić information content (AvgIpc) is 3.05. The zero-order valence-electron chi connectivity index (χ0n) is 11.6. The van der Waals surface area contributed by atoms with Crippen molar-refractivity contribution in [3.63, 3.8) is 0 Å². The van der Waals surface area contributed by atoms with E-state index in [9.17, 15) is 4.79 Å². The Kier molecular flexibility index (Phi) is 3.46. The molecule has 21 heavy (non-hydrogen) atoms. The van der Waals surface area contributed by atoms with Crippen LogP contribution in [0.4, 0.5) is 5.82 Å². The molecule has 112 valence electrons. The summed E-state index contributed by atoms with van der Waals surface area (Å²) >= 11 is 0. The predicted molar refractivity (Wildman–Crippen MR) is 74.6 cm³/mol. The van der Waals surface area contributed by atoms with Crippen molar-refractivity contribution in [2.75, 3.05) is 5.73 Å². The minimum absolute atomic E-state index is 0.0577. The lowest BCUT2D eigenvalue weighted by molar-refractivity contribution is -0.152. The third kappa shape index (κ3) is 2.54. The van der Waals surface area contributed by atoms with E-state index in [-0.39, 0.29) is 12.1 Å². The normalized spacial score (nSPS) is 23.5. The number of fused-ring (bicyclic) bond motifs is 1. The molecule has 1 aliphatic rings. The quantitative estimate of drug-likeness (QED) is 0.862.